The van der Waals surface area contributed by atoms with Gasteiger partial charge in [-0.2, -0.15) is 0 Å². The number of nitrogens with one attached hydrogen (secondary N) is 1. The molecule has 1 N–H and O–H groups in total. The Balaban J connectivity index is 1.67. The zero-order chi connectivity index (χ0) is 16.4. The van der Waals surface area contributed by atoms with Gasteiger partial charge in [0.2, 0.25) is 0 Å². The molecule has 1 aliphatic heterocycles. The van der Waals surface area contributed by atoms with Crippen molar-refractivity contribution >= 4 is 17.2 Å². The predicted octanol–water partition coefficient (Wildman–Crippen LogP) is 3.95. The maximum Gasteiger partial charge on any atom is 0.261 e. The van der Waals surface area contributed by atoms with Gasteiger partial charge in [-0.25, -0.2) is 13.2 Å². The molecule has 3 rings (SSSR count). The summed E-state index contributed by atoms with van der Waals surface area (Å²) in [6.45, 7) is 0.295. The van der Waals surface area contributed by atoms with Gasteiger partial charge in [-0.15, -0.1) is 11.3 Å². The molecule has 2 aromatic rings. The van der Waals surface area contributed by atoms with E-state index in [2.05, 4.69) is 5.32 Å². The standard InChI is InChI=1S/C16H14F3NO2S/c17-10-3-4-11(18)15(19)9(10)8-20-16(21)14-6-5-13(23-14)12-2-1-7-22-12/h3-6,12H,1-2,7-8H2,(H,20,21)/t12-/m0/s1. The highest BCUT2D eigenvalue weighted by atomic mass is 32.1. The van der Waals surface area contributed by atoms with Crippen molar-refractivity contribution in [2.75, 3.05) is 6.61 Å². The molecule has 0 radical (unpaired) electrons. The Bertz CT molecular complexity index is 726. The number of halogens is 3. The summed E-state index contributed by atoms with van der Waals surface area (Å²) in [5.74, 6) is -3.78. The third-order valence-corrected chi connectivity index (χ3v) is 4.84. The largest absolute Gasteiger partial charge is 0.373 e. The van der Waals surface area contributed by atoms with Gasteiger partial charge < -0.3 is 10.1 Å². The highest BCUT2D eigenvalue weighted by Gasteiger charge is 2.21. The number of hydrogen-bond acceptors (Lipinski definition) is 3. The van der Waals surface area contributed by atoms with E-state index in [-0.39, 0.29) is 6.10 Å². The van der Waals surface area contributed by atoms with Crippen LogP contribution >= 0.6 is 11.3 Å². The van der Waals surface area contributed by atoms with Crippen molar-refractivity contribution in [3.63, 3.8) is 0 Å². The number of carbonyl (C=O) groups is 1. The molecule has 1 aromatic carbocycles. The summed E-state index contributed by atoms with van der Waals surface area (Å²) in [6.07, 6.45) is 1.92. The number of benzene rings is 1. The summed E-state index contributed by atoms with van der Waals surface area (Å²) in [7, 11) is 0. The second-order valence-electron chi connectivity index (χ2n) is 5.21. The van der Waals surface area contributed by atoms with Crippen LogP contribution < -0.4 is 5.32 Å². The summed E-state index contributed by atoms with van der Waals surface area (Å²) < 4.78 is 45.7. The maximum atomic E-state index is 13.5. The van der Waals surface area contributed by atoms with Gasteiger partial charge in [-0.3, -0.25) is 4.79 Å². The van der Waals surface area contributed by atoms with E-state index in [0.717, 1.165) is 23.8 Å². The van der Waals surface area contributed by atoms with E-state index in [1.807, 2.05) is 6.07 Å². The molecule has 0 spiro atoms. The first-order valence-electron chi connectivity index (χ1n) is 7.18. The Morgan fingerprint density at radius 3 is 2.74 bits per heavy atom. The van der Waals surface area contributed by atoms with Crippen molar-refractivity contribution in [2.24, 2.45) is 0 Å². The number of thiophene rings is 1. The van der Waals surface area contributed by atoms with Crippen molar-refractivity contribution in [3.05, 3.63) is 57.0 Å². The van der Waals surface area contributed by atoms with Gasteiger partial charge in [0.05, 0.1) is 11.0 Å². The minimum atomic E-state index is -1.28. The molecule has 7 heteroatoms. The Kier molecular flexibility index (Phi) is 4.68. The third-order valence-electron chi connectivity index (χ3n) is 3.66. The highest BCUT2D eigenvalue weighted by Crippen LogP contribution is 2.33. The first-order chi connectivity index (χ1) is 11.1. The summed E-state index contributed by atoms with van der Waals surface area (Å²) in [4.78, 5) is 13.5. The van der Waals surface area contributed by atoms with Crippen LogP contribution in [0.4, 0.5) is 13.2 Å². The van der Waals surface area contributed by atoms with Crippen LogP contribution in [0.2, 0.25) is 0 Å². The third kappa shape index (κ3) is 3.40. The average Bonchev–Trinajstić information content (AvgIpc) is 3.21. The van der Waals surface area contributed by atoms with Gasteiger partial charge in [0.1, 0.15) is 5.82 Å². The van der Waals surface area contributed by atoms with Crippen LogP contribution in [0.1, 0.15) is 39.1 Å². The van der Waals surface area contributed by atoms with Gasteiger partial charge in [-0.1, -0.05) is 0 Å². The number of rotatable bonds is 4. The molecule has 1 fully saturated rings. The zero-order valence-corrected chi connectivity index (χ0v) is 12.9. The quantitative estimate of drug-likeness (QED) is 0.855. The Morgan fingerprint density at radius 2 is 2.00 bits per heavy atom. The molecule has 0 bridgehead atoms. The van der Waals surface area contributed by atoms with Crippen molar-refractivity contribution in [1.82, 2.24) is 5.32 Å². The molecule has 2 heterocycles. The van der Waals surface area contributed by atoms with Crippen LogP contribution in [0.3, 0.4) is 0 Å². The second-order valence-corrected chi connectivity index (χ2v) is 6.32. The van der Waals surface area contributed by atoms with Crippen molar-refractivity contribution < 1.29 is 22.7 Å². The van der Waals surface area contributed by atoms with Crippen molar-refractivity contribution in [1.29, 1.82) is 0 Å². The van der Waals surface area contributed by atoms with Gasteiger partial charge in [0, 0.05) is 23.6 Å². The molecule has 0 unspecified atom stereocenters. The lowest BCUT2D eigenvalue weighted by Crippen LogP contribution is -2.23. The predicted molar refractivity (Wildman–Crippen MR) is 79.7 cm³/mol. The normalized spacial score (nSPS) is 17.4. The Labute approximate surface area is 135 Å². The molecular formula is C16H14F3NO2S. The van der Waals surface area contributed by atoms with Gasteiger partial charge in [0.25, 0.3) is 5.91 Å². The van der Waals surface area contributed by atoms with Crippen LogP contribution in [0.15, 0.2) is 24.3 Å². The van der Waals surface area contributed by atoms with Crippen LogP contribution in [0, 0.1) is 17.5 Å². The minimum Gasteiger partial charge on any atom is -0.373 e. The van der Waals surface area contributed by atoms with Crippen LogP contribution in [-0.4, -0.2) is 12.5 Å². The lowest BCUT2D eigenvalue weighted by atomic mass is 10.2. The maximum absolute atomic E-state index is 13.5. The van der Waals surface area contributed by atoms with E-state index in [0.29, 0.717) is 17.6 Å². The summed E-state index contributed by atoms with van der Waals surface area (Å²) in [6, 6.07) is 5.01. The van der Waals surface area contributed by atoms with Crippen LogP contribution in [-0.2, 0) is 11.3 Å². The van der Waals surface area contributed by atoms with E-state index in [9.17, 15) is 18.0 Å². The van der Waals surface area contributed by atoms with Gasteiger partial charge in [-0.05, 0) is 37.1 Å². The van der Waals surface area contributed by atoms with Crippen molar-refractivity contribution in [2.45, 2.75) is 25.5 Å². The molecule has 1 atom stereocenters. The topological polar surface area (TPSA) is 38.3 Å². The van der Waals surface area contributed by atoms with Crippen LogP contribution in [0.25, 0.3) is 0 Å². The summed E-state index contributed by atoms with van der Waals surface area (Å²) in [5, 5.41) is 2.41. The molecule has 3 nitrogen and oxygen atoms in total. The average molecular weight is 341 g/mol. The van der Waals surface area contributed by atoms with Gasteiger partial charge in [0.15, 0.2) is 11.6 Å². The molecular weight excluding hydrogens is 327 g/mol. The van der Waals surface area contributed by atoms with Crippen molar-refractivity contribution in [3.8, 4) is 0 Å². The van der Waals surface area contributed by atoms with Crippen LogP contribution in [0.5, 0.6) is 0 Å². The Morgan fingerprint density at radius 1 is 1.22 bits per heavy atom. The van der Waals surface area contributed by atoms with E-state index in [4.69, 9.17) is 4.74 Å². The highest BCUT2D eigenvalue weighted by molar-refractivity contribution is 7.14. The molecule has 0 aliphatic carbocycles. The van der Waals surface area contributed by atoms with E-state index >= 15 is 0 Å². The lowest BCUT2D eigenvalue weighted by Gasteiger charge is -2.07. The fraction of sp³-hybridized carbons (Fsp3) is 0.312. The fourth-order valence-electron chi connectivity index (χ4n) is 2.44. The Hall–Kier alpha value is -1.86. The molecule has 1 aliphatic rings. The van der Waals surface area contributed by atoms with E-state index < -0.39 is 35.5 Å². The number of carbonyl (C=O) groups excluding carboxylic acids is 1. The molecule has 1 saturated heterocycles. The first-order valence-corrected chi connectivity index (χ1v) is 8.00. The molecule has 1 aromatic heterocycles. The smallest absolute Gasteiger partial charge is 0.261 e. The molecule has 122 valence electrons. The van der Waals surface area contributed by atoms with Gasteiger partial charge >= 0.3 is 0 Å². The SMILES string of the molecule is O=C(NCc1c(F)ccc(F)c1F)c1ccc([C@@H]2CCCO2)s1. The molecule has 23 heavy (non-hydrogen) atoms. The number of hydrogen-bond donors (Lipinski definition) is 1. The lowest BCUT2D eigenvalue weighted by molar-refractivity contribution is 0.0954. The molecule has 1 amide bonds. The monoisotopic (exact) mass is 341 g/mol. The first kappa shape index (κ1) is 16.0. The van der Waals surface area contributed by atoms with E-state index in [1.165, 1.54) is 11.3 Å². The number of amides is 1. The number of ether oxygens (including phenoxy) is 1. The summed E-state index contributed by atoms with van der Waals surface area (Å²) >= 11 is 1.29. The van der Waals surface area contributed by atoms with E-state index in [1.54, 1.807) is 6.07 Å². The molecule has 0 saturated carbocycles. The minimum absolute atomic E-state index is 0.0136. The zero-order valence-electron chi connectivity index (χ0n) is 12.1. The second kappa shape index (κ2) is 6.72. The summed E-state index contributed by atoms with van der Waals surface area (Å²) in [5.41, 5.74) is -0.491. The fourth-order valence-corrected chi connectivity index (χ4v) is 3.45.